The molecule has 0 saturated heterocycles. The molecule has 2 aromatic carbocycles. The SMILES string of the molecule is CC(C)c1cccc(-c2cccc(F)c2)c1C(C)C. The molecule has 0 N–H and O–H groups in total. The minimum atomic E-state index is -0.179. The van der Waals surface area contributed by atoms with Crippen LogP contribution in [0, 0.1) is 5.82 Å². The third-order valence-electron chi connectivity index (χ3n) is 3.47. The summed E-state index contributed by atoms with van der Waals surface area (Å²) in [5.41, 5.74) is 4.81. The molecular weight excluding hydrogens is 235 g/mol. The molecule has 100 valence electrons. The monoisotopic (exact) mass is 256 g/mol. The fourth-order valence-electron chi connectivity index (χ4n) is 2.64. The van der Waals surface area contributed by atoms with Gasteiger partial charge in [-0.15, -0.1) is 0 Å². The lowest BCUT2D eigenvalue weighted by Gasteiger charge is -2.20. The second-order valence-electron chi connectivity index (χ2n) is 5.63. The summed E-state index contributed by atoms with van der Waals surface area (Å²) in [6.45, 7) is 8.81. The normalized spacial score (nSPS) is 11.3. The topological polar surface area (TPSA) is 0 Å². The summed E-state index contributed by atoms with van der Waals surface area (Å²) in [4.78, 5) is 0. The zero-order valence-electron chi connectivity index (χ0n) is 12.1. The van der Waals surface area contributed by atoms with Gasteiger partial charge in [-0.25, -0.2) is 4.39 Å². The number of halogens is 1. The van der Waals surface area contributed by atoms with E-state index in [2.05, 4.69) is 45.9 Å². The highest BCUT2D eigenvalue weighted by molar-refractivity contribution is 5.69. The smallest absolute Gasteiger partial charge is 0.123 e. The fourth-order valence-corrected chi connectivity index (χ4v) is 2.64. The molecule has 2 rings (SSSR count). The highest BCUT2D eigenvalue weighted by Gasteiger charge is 2.15. The molecule has 0 fully saturated rings. The molecular formula is C18H21F. The van der Waals surface area contributed by atoms with Crippen molar-refractivity contribution in [3.8, 4) is 11.1 Å². The molecule has 1 heteroatoms. The molecule has 0 radical (unpaired) electrons. The summed E-state index contributed by atoms with van der Waals surface area (Å²) in [6.07, 6.45) is 0. The van der Waals surface area contributed by atoms with Crippen LogP contribution in [-0.2, 0) is 0 Å². The summed E-state index contributed by atoms with van der Waals surface area (Å²) in [5.74, 6) is 0.727. The van der Waals surface area contributed by atoms with Crippen LogP contribution < -0.4 is 0 Å². The zero-order valence-corrected chi connectivity index (χ0v) is 12.1. The molecule has 0 heterocycles. The maximum atomic E-state index is 13.4. The molecule has 0 amide bonds. The second-order valence-corrected chi connectivity index (χ2v) is 5.63. The Labute approximate surface area is 115 Å². The molecule has 19 heavy (non-hydrogen) atoms. The van der Waals surface area contributed by atoms with Gasteiger partial charge in [0.25, 0.3) is 0 Å². The largest absolute Gasteiger partial charge is 0.207 e. The Morgan fingerprint density at radius 1 is 0.842 bits per heavy atom. The predicted molar refractivity (Wildman–Crippen MR) is 80.0 cm³/mol. The average Bonchev–Trinajstić information content (AvgIpc) is 2.37. The van der Waals surface area contributed by atoms with Gasteiger partial charge in [0.2, 0.25) is 0 Å². The van der Waals surface area contributed by atoms with Gasteiger partial charge in [0, 0.05) is 0 Å². The molecule has 0 aromatic heterocycles. The van der Waals surface area contributed by atoms with Crippen molar-refractivity contribution in [1.82, 2.24) is 0 Å². The molecule has 0 aliphatic heterocycles. The lowest BCUT2D eigenvalue weighted by atomic mass is 9.84. The molecule has 0 atom stereocenters. The van der Waals surface area contributed by atoms with E-state index in [4.69, 9.17) is 0 Å². The Bertz CT molecular complexity index is 568. The molecule has 0 nitrogen and oxygen atoms in total. The zero-order chi connectivity index (χ0) is 14.0. The summed E-state index contributed by atoms with van der Waals surface area (Å²) in [5, 5.41) is 0. The first-order valence-electron chi connectivity index (χ1n) is 6.89. The van der Waals surface area contributed by atoms with Crippen molar-refractivity contribution in [2.75, 3.05) is 0 Å². The van der Waals surface area contributed by atoms with Crippen LogP contribution >= 0.6 is 0 Å². The standard InChI is InChI=1S/C18H21F/c1-12(2)16-9-6-10-17(18(16)13(3)4)14-7-5-8-15(19)11-14/h5-13H,1-4H3. The van der Waals surface area contributed by atoms with Crippen LogP contribution in [0.2, 0.25) is 0 Å². The molecule has 0 aliphatic carbocycles. The van der Waals surface area contributed by atoms with Crippen LogP contribution in [0.4, 0.5) is 4.39 Å². The van der Waals surface area contributed by atoms with E-state index in [1.54, 1.807) is 12.1 Å². The van der Waals surface area contributed by atoms with Gasteiger partial charge < -0.3 is 0 Å². The van der Waals surface area contributed by atoms with Crippen molar-refractivity contribution in [3.63, 3.8) is 0 Å². The maximum Gasteiger partial charge on any atom is 0.123 e. The van der Waals surface area contributed by atoms with E-state index in [0.717, 1.165) is 11.1 Å². The highest BCUT2D eigenvalue weighted by Crippen LogP contribution is 2.35. The van der Waals surface area contributed by atoms with E-state index < -0.39 is 0 Å². The van der Waals surface area contributed by atoms with Crippen LogP contribution in [-0.4, -0.2) is 0 Å². The predicted octanol–water partition coefficient (Wildman–Crippen LogP) is 5.74. The number of hydrogen-bond donors (Lipinski definition) is 0. The van der Waals surface area contributed by atoms with Crippen molar-refractivity contribution in [2.45, 2.75) is 39.5 Å². The number of hydrogen-bond acceptors (Lipinski definition) is 0. The lowest BCUT2D eigenvalue weighted by molar-refractivity contribution is 0.628. The molecule has 0 aliphatic rings. The Hall–Kier alpha value is -1.63. The van der Waals surface area contributed by atoms with Gasteiger partial charge in [0.15, 0.2) is 0 Å². The molecule has 0 saturated carbocycles. The minimum Gasteiger partial charge on any atom is -0.207 e. The highest BCUT2D eigenvalue weighted by atomic mass is 19.1. The fraction of sp³-hybridized carbons (Fsp3) is 0.333. The summed E-state index contributed by atoms with van der Waals surface area (Å²) >= 11 is 0. The van der Waals surface area contributed by atoms with Crippen LogP contribution in [0.25, 0.3) is 11.1 Å². The Morgan fingerprint density at radius 3 is 2.11 bits per heavy atom. The first kappa shape index (κ1) is 13.8. The van der Waals surface area contributed by atoms with Crippen LogP contribution in [0.3, 0.4) is 0 Å². The van der Waals surface area contributed by atoms with E-state index in [9.17, 15) is 4.39 Å². The van der Waals surface area contributed by atoms with E-state index in [1.165, 1.54) is 17.2 Å². The van der Waals surface area contributed by atoms with E-state index in [0.29, 0.717) is 11.8 Å². The van der Waals surface area contributed by atoms with Crippen LogP contribution in [0.15, 0.2) is 42.5 Å². The molecule has 0 unspecified atom stereocenters. The maximum absolute atomic E-state index is 13.4. The molecule has 0 spiro atoms. The Kier molecular flexibility index (Phi) is 4.04. The van der Waals surface area contributed by atoms with Crippen molar-refractivity contribution in [1.29, 1.82) is 0 Å². The first-order valence-corrected chi connectivity index (χ1v) is 6.89. The lowest BCUT2D eigenvalue weighted by Crippen LogP contribution is -2.01. The van der Waals surface area contributed by atoms with Crippen LogP contribution in [0.1, 0.15) is 50.7 Å². The van der Waals surface area contributed by atoms with Crippen molar-refractivity contribution in [3.05, 3.63) is 59.4 Å². The van der Waals surface area contributed by atoms with Gasteiger partial charge in [-0.1, -0.05) is 58.0 Å². The second kappa shape index (κ2) is 5.56. The number of rotatable bonds is 3. The van der Waals surface area contributed by atoms with Crippen molar-refractivity contribution >= 4 is 0 Å². The van der Waals surface area contributed by atoms with Gasteiger partial charge in [-0.3, -0.25) is 0 Å². The van der Waals surface area contributed by atoms with Gasteiger partial charge in [0.1, 0.15) is 5.82 Å². The number of benzene rings is 2. The Morgan fingerprint density at radius 2 is 1.53 bits per heavy atom. The first-order chi connectivity index (χ1) is 9.00. The van der Waals surface area contributed by atoms with Gasteiger partial charge in [-0.2, -0.15) is 0 Å². The summed E-state index contributed by atoms with van der Waals surface area (Å²) in [7, 11) is 0. The third kappa shape index (κ3) is 2.86. The van der Waals surface area contributed by atoms with E-state index >= 15 is 0 Å². The molecule has 0 bridgehead atoms. The van der Waals surface area contributed by atoms with Gasteiger partial charge in [-0.05, 0) is 46.2 Å². The van der Waals surface area contributed by atoms with Gasteiger partial charge in [0.05, 0.1) is 0 Å². The minimum absolute atomic E-state index is 0.179. The van der Waals surface area contributed by atoms with E-state index in [1.807, 2.05) is 6.07 Å². The Balaban J connectivity index is 2.66. The van der Waals surface area contributed by atoms with Crippen molar-refractivity contribution in [2.24, 2.45) is 0 Å². The summed E-state index contributed by atoms with van der Waals surface area (Å²) in [6, 6.07) is 13.2. The molecule has 2 aromatic rings. The van der Waals surface area contributed by atoms with Crippen LogP contribution in [0.5, 0.6) is 0 Å². The average molecular weight is 256 g/mol. The van der Waals surface area contributed by atoms with Crippen molar-refractivity contribution < 1.29 is 4.39 Å². The van der Waals surface area contributed by atoms with E-state index in [-0.39, 0.29) is 5.82 Å². The summed E-state index contributed by atoms with van der Waals surface area (Å²) < 4.78 is 13.4. The van der Waals surface area contributed by atoms with Gasteiger partial charge >= 0.3 is 0 Å². The quantitative estimate of drug-likeness (QED) is 0.657. The third-order valence-corrected chi connectivity index (χ3v) is 3.47.